The molecule has 2 rings (SSSR count). The maximum atomic E-state index is 10.7. The maximum absolute atomic E-state index is 10.7. The van der Waals surface area contributed by atoms with Crippen LogP contribution in [-0.2, 0) is 12.8 Å². The van der Waals surface area contributed by atoms with Crippen LogP contribution in [0, 0.1) is 11.8 Å². The summed E-state index contributed by atoms with van der Waals surface area (Å²) >= 11 is 0. The van der Waals surface area contributed by atoms with Gasteiger partial charge in [0.05, 0.1) is 40.6 Å². The fraction of sp³-hybridized carbons (Fsp3) is 0.538. The Morgan fingerprint density at radius 2 is 1.12 bits per heavy atom. The van der Waals surface area contributed by atoms with Crippen molar-refractivity contribution in [1.29, 1.82) is 0 Å². The first-order valence-corrected chi connectivity index (χ1v) is 11.1. The van der Waals surface area contributed by atoms with E-state index in [0.717, 1.165) is 24.0 Å². The van der Waals surface area contributed by atoms with E-state index in [1.807, 2.05) is 43.3 Å². The molecule has 6 nitrogen and oxygen atoms in total. The third-order valence-corrected chi connectivity index (χ3v) is 6.05. The van der Waals surface area contributed by atoms with Crippen LogP contribution in [0.2, 0.25) is 0 Å². The highest BCUT2D eigenvalue weighted by atomic mass is 16.5. The van der Waals surface area contributed by atoms with Crippen LogP contribution in [0.5, 0.6) is 23.0 Å². The van der Waals surface area contributed by atoms with Crippen molar-refractivity contribution in [2.45, 2.75) is 51.7 Å². The van der Waals surface area contributed by atoms with Crippen molar-refractivity contribution in [2.24, 2.45) is 11.8 Å². The number of hydrogen-bond acceptors (Lipinski definition) is 6. The number of aliphatic hydroxyl groups is 2. The van der Waals surface area contributed by atoms with E-state index in [4.69, 9.17) is 18.9 Å². The summed E-state index contributed by atoms with van der Waals surface area (Å²) in [4.78, 5) is 0. The number of hydrogen-bond donors (Lipinski definition) is 2. The minimum atomic E-state index is -0.512. The van der Waals surface area contributed by atoms with E-state index in [1.165, 1.54) is 0 Å². The van der Waals surface area contributed by atoms with Crippen molar-refractivity contribution in [3.8, 4) is 23.0 Å². The summed E-state index contributed by atoms with van der Waals surface area (Å²) in [5, 5.41) is 20.7. The van der Waals surface area contributed by atoms with Gasteiger partial charge in [-0.25, -0.2) is 0 Å². The highest BCUT2D eigenvalue weighted by molar-refractivity contribution is 5.44. The van der Waals surface area contributed by atoms with Gasteiger partial charge in [0.15, 0.2) is 23.0 Å². The van der Waals surface area contributed by atoms with E-state index in [-0.39, 0.29) is 11.8 Å². The molecule has 2 N–H and O–H groups in total. The molecule has 2 aromatic carbocycles. The quantitative estimate of drug-likeness (QED) is 0.478. The lowest BCUT2D eigenvalue weighted by atomic mass is 9.77. The Hall–Kier alpha value is -2.44. The van der Waals surface area contributed by atoms with E-state index in [1.54, 1.807) is 35.4 Å². The van der Waals surface area contributed by atoms with E-state index >= 15 is 0 Å². The van der Waals surface area contributed by atoms with Crippen LogP contribution in [0.25, 0.3) is 0 Å². The molecule has 0 aromatic heterocycles. The first-order chi connectivity index (χ1) is 15.3. The van der Waals surface area contributed by atoms with E-state index in [0.29, 0.717) is 35.8 Å². The van der Waals surface area contributed by atoms with Crippen LogP contribution in [0.4, 0.5) is 0 Å². The van der Waals surface area contributed by atoms with Crippen LogP contribution in [0.1, 0.15) is 37.8 Å². The molecule has 0 aliphatic carbocycles. The molecule has 6 heteroatoms. The predicted molar refractivity (Wildman–Crippen MR) is 126 cm³/mol. The van der Waals surface area contributed by atoms with E-state index in [9.17, 15) is 10.2 Å². The fourth-order valence-corrected chi connectivity index (χ4v) is 4.24. The van der Waals surface area contributed by atoms with Gasteiger partial charge in [-0.3, -0.25) is 0 Å². The summed E-state index contributed by atoms with van der Waals surface area (Å²) in [6, 6.07) is 11.8. The van der Waals surface area contributed by atoms with Gasteiger partial charge < -0.3 is 29.2 Å². The molecule has 0 unspecified atom stereocenters. The number of benzene rings is 2. The normalized spacial score (nSPS) is 14.9. The molecule has 0 aliphatic rings. The second-order valence-electron chi connectivity index (χ2n) is 8.38. The molecule has 0 bridgehead atoms. The number of ether oxygens (including phenoxy) is 4. The van der Waals surface area contributed by atoms with Crippen LogP contribution in [0.3, 0.4) is 0 Å². The van der Waals surface area contributed by atoms with Crippen LogP contribution >= 0.6 is 0 Å². The van der Waals surface area contributed by atoms with Gasteiger partial charge in [-0.05, 0) is 86.8 Å². The topological polar surface area (TPSA) is 77.4 Å². The third kappa shape index (κ3) is 7.04. The van der Waals surface area contributed by atoms with Gasteiger partial charge in [-0.1, -0.05) is 12.1 Å². The largest absolute Gasteiger partial charge is 0.493 e. The molecule has 0 fully saturated rings. The highest BCUT2D eigenvalue weighted by Crippen LogP contribution is 2.35. The molecule has 0 saturated carbocycles. The van der Waals surface area contributed by atoms with Gasteiger partial charge >= 0.3 is 0 Å². The summed E-state index contributed by atoms with van der Waals surface area (Å²) in [6.45, 7) is 3.65. The monoisotopic (exact) mass is 446 g/mol. The Morgan fingerprint density at radius 3 is 1.53 bits per heavy atom. The second-order valence-corrected chi connectivity index (χ2v) is 8.38. The molecule has 2 aromatic rings. The van der Waals surface area contributed by atoms with Gasteiger partial charge in [0.2, 0.25) is 0 Å². The molecular formula is C26H38O6. The zero-order chi connectivity index (χ0) is 23.7. The third-order valence-electron chi connectivity index (χ3n) is 6.05. The van der Waals surface area contributed by atoms with Crippen molar-refractivity contribution in [2.75, 3.05) is 28.4 Å². The standard InChI is InChI=1S/C26H38O6/c1-17(27)7-10-21(13-19-8-11-23(29-3)25(15-19)31-5)22(18(2)28)14-20-9-12-24(30-4)26(16-20)32-6/h8-9,11-12,15-18,21-22,27-28H,7,10,13-14H2,1-6H3/t17-,18-,21+,22-/m1/s1. The Kier molecular flexibility index (Phi) is 10.1. The lowest BCUT2D eigenvalue weighted by Gasteiger charge is -2.31. The minimum Gasteiger partial charge on any atom is -0.493 e. The second kappa shape index (κ2) is 12.6. The van der Waals surface area contributed by atoms with Crippen LogP contribution in [-0.4, -0.2) is 50.9 Å². The van der Waals surface area contributed by atoms with Crippen LogP contribution in [0.15, 0.2) is 36.4 Å². The molecule has 32 heavy (non-hydrogen) atoms. The number of rotatable bonds is 13. The average Bonchev–Trinajstić information content (AvgIpc) is 2.79. The number of methoxy groups -OCH3 is 4. The van der Waals surface area contributed by atoms with Crippen molar-refractivity contribution in [1.82, 2.24) is 0 Å². The summed E-state index contributed by atoms with van der Waals surface area (Å²) in [7, 11) is 6.49. The number of aliphatic hydroxyl groups excluding tert-OH is 2. The van der Waals surface area contributed by atoms with Crippen molar-refractivity contribution in [3.05, 3.63) is 47.5 Å². The molecule has 178 valence electrons. The minimum absolute atomic E-state index is 0.0000485. The molecular weight excluding hydrogens is 408 g/mol. The molecule has 0 aliphatic heterocycles. The summed E-state index contributed by atoms with van der Waals surface area (Å²) in [5.41, 5.74) is 2.18. The van der Waals surface area contributed by atoms with Gasteiger partial charge in [0, 0.05) is 0 Å². The Labute approximate surface area is 192 Å². The molecule has 0 heterocycles. The summed E-state index contributed by atoms with van der Waals surface area (Å²) in [5.74, 6) is 2.90. The lowest BCUT2D eigenvalue weighted by molar-refractivity contribution is 0.0751. The van der Waals surface area contributed by atoms with Gasteiger partial charge in [-0.2, -0.15) is 0 Å². The smallest absolute Gasteiger partial charge is 0.160 e. The SMILES string of the molecule is COc1ccc(C[C@H](CC[C@@H](C)O)[C@H](Cc2ccc(OC)c(OC)c2)[C@@H](C)O)cc1OC. The van der Waals surface area contributed by atoms with Gasteiger partial charge in [0.25, 0.3) is 0 Å². The van der Waals surface area contributed by atoms with Gasteiger partial charge in [-0.15, -0.1) is 0 Å². The zero-order valence-corrected chi connectivity index (χ0v) is 20.1. The summed E-state index contributed by atoms with van der Waals surface area (Å²) < 4.78 is 21.6. The molecule has 0 amide bonds. The van der Waals surface area contributed by atoms with Crippen molar-refractivity contribution >= 4 is 0 Å². The van der Waals surface area contributed by atoms with E-state index < -0.39 is 12.2 Å². The molecule has 0 saturated heterocycles. The van der Waals surface area contributed by atoms with Gasteiger partial charge in [0.1, 0.15) is 0 Å². The maximum Gasteiger partial charge on any atom is 0.160 e. The molecule has 0 radical (unpaired) electrons. The first kappa shape index (κ1) is 25.8. The Morgan fingerprint density at radius 1 is 0.656 bits per heavy atom. The van der Waals surface area contributed by atoms with E-state index in [2.05, 4.69) is 0 Å². The van der Waals surface area contributed by atoms with Crippen LogP contribution < -0.4 is 18.9 Å². The predicted octanol–water partition coefficient (Wildman–Crippen LogP) is 4.28. The molecule has 4 atom stereocenters. The molecule has 0 spiro atoms. The lowest BCUT2D eigenvalue weighted by Crippen LogP contribution is -2.30. The first-order valence-electron chi connectivity index (χ1n) is 11.1. The Balaban J connectivity index is 2.32. The van der Waals surface area contributed by atoms with Crippen molar-refractivity contribution < 1.29 is 29.2 Å². The zero-order valence-electron chi connectivity index (χ0n) is 20.1. The van der Waals surface area contributed by atoms with Crippen molar-refractivity contribution in [3.63, 3.8) is 0 Å². The fourth-order valence-electron chi connectivity index (χ4n) is 4.24. The highest BCUT2D eigenvalue weighted by Gasteiger charge is 2.27. The average molecular weight is 447 g/mol. The Bertz CT molecular complexity index is 833. The summed E-state index contributed by atoms with van der Waals surface area (Å²) in [6.07, 6.45) is 2.02.